The summed E-state index contributed by atoms with van der Waals surface area (Å²) in [6.45, 7) is 1.73. The van der Waals surface area contributed by atoms with Gasteiger partial charge in [0.1, 0.15) is 5.82 Å². The highest BCUT2D eigenvalue weighted by atomic mass is 32.2. The number of aromatic nitrogens is 2. The average molecular weight is 386 g/mol. The molecule has 0 aliphatic heterocycles. The van der Waals surface area contributed by atoms with Gasteiger partial charge in [0.2, 0.25) is 5.91 Å². The Bertz CT molecular complexity index is 957. The highest BCUT2D eigenvalue weighted by Crippen LogP contribution is 2.25. The van der Waals surface area contributed by atoms with Crippen molar-refractivity contribution in [2.75, 3.05) is 5.32 Å². The minimum Gasteiger partial charge on any atom is -0.333 e. The maximum atomic E-state index is 13.0. The Hall–Kier alpha value is -3.20. The Morgan fingerprint density at radius 3 is 2.52 bits per heavy atom. The fourth-order valence-electron chi connectivity index (χ4n) is 2.27. The van der Waals surface area contributed by atoms with Crippen molar-refractivity contribution in [3.63, 3.8) is 0 Å². The van der Waals surface area contributed by atoms with E-state index in [4.69, 9.17) is 0 Å². The van der Waals surface area contributed by atoms with Crippen LogP contribution >= 0.6 is 11.8 Å². The molecule has 0 aliphatic rings. The van der Waals surface area contributed by atoms with Gasteiger partial charge in [0.25, 0.3) is 5.69 Å². The number of anilines is 1. The van der Waals surface area contributed by atoms with E-state index in [1.165, 1.54) is 48.2 Å². The molecule has 0 spiro atoms. The number of nitro benzene ring substituents is 1. The van der Waals surface area contributed by atoms with Crippen LogP contribution in [0.25, 0.3) is 11.3 Å². The predicted octanol–water partition coefficient (Wildman–Crippen LogP) is 4.24. The zero-order valence-electron chi connectivity index (χ0n) is 14.2. The van der Waals surface area contributed by atoms with Gasteiger partial charge in [-0.1, -0.05) is 11.8 Å². The maximum absolute atomic E-state index is 13.0. The fourth-order valence-corrected chi connectivity index (χ4v) is 3.05. The number of benzene rings is 2. The Labute approximate surface area is 158 Å². The summed E-state index contributed by atoms with van der Waals surface area (Å²) in [4.78, 5) is 29.8. The summed E-state index contributed by atoms with van der Waals surface area (Å²) >= 11 is 1.24. The number of hydrogen-bond donors (Lipinski definition) is 2. The lowest BCUT2D eigenvalue weighted by Gasteiger charge is -2.10. The van der Waals surface area contributed by atoms with E-state index in [-0.39, 0.29) is 17.4 Å². The molecule has 3 rings (SSSR count). The molecule has 7 nitrogen and oxygen atoms in total. The van der Waals surface area contributed by atoms with Gasteiger partial charge in [-0.15, -0.1) is 0 Å². The van der Waals surface area contributed by atoms with Crippen LogP contribution < -0.4 is 5.32 Å². The number of nitrogens with one attached hydrogen (secondary N) is 2. The van der Waals surface area contributed by atoms with Gasteiger partial charge >= 0.3 is 0 Å². The summed E-state index contributed by atoms with van der Waals surface area (Å²) in [6.07, 6.45) is 1.62. The van der Waals surface area contributed by atoms with Crippen LogP contribution in [0.4, 0.5) is 15.8 Å². The topological polar surface area (TPSA) is 101 Å². The van der Waals surface area contributed by atoms with E-state index in [2.05, 4.69) is 15.3 Å². The van der Waals surface area contributed by atoms with Crippen molar-refractivity contribution < 1.29 is 14.1 Å². The van der Waals surface area contributed by atoms with Crippen LogP contribution in [0.15, 0.2) is 59.9 Å². The Balaban J connectivity index is 1.61. The number of thioether (sulfide) groups is 1. The zero-order chi connectivity index (χ0) is 19.4. The smallest absolute Gasteiger partial charge is 0.269 e. The summed E-state index contributed by atoms with van der Waals surface area (Å²) in [5.74, 6) is -0.571. The Kier molecular flexibility index (Phi) is 5.51. The first-order valence-electron chi connectivity index (χ1n) is 7.95. The number of aromatic amines is 1. The molecule has 0 saturated heterocycles. The average Bonchev–Trinajstić information content (AvgIpc) is 3.11. The van der Waals surface area contributed by atoms with Gasteiger partial charge in [0, 0.05) is 17.8 Å². The number of non-ortho nitro benzene ring substituents is 1. The summed E-state index contributed by atoms with van der Waals surface area (Å²) in [6, 6.07) is 11.6. The molecule has 0 bridgehead atoms. The first kappa shape index (κ1) is 18.6. The molecule has 3 aromatic rings. The van der Waals surface area contributed by atoms with Crippen LogP contribution in [0.5, 0.6) is 0 Å². The largest absolute Gasteiger partial charge is 0.333 e. The summed E-state index contributed by atoms with van der Waals surface area (Å²) in [5, 5.41) is 13.5. The van der Waals surface area contributed by atoms with E-state index in [0.717, 1.165) is 11.3 Å². The highest BCUT2D eigenvalue weighted by Gasteiger charge is 2.17. The Morgan fingerprint density at radius 1 is 1.22 bits per heavy atom. The van der Waals surface area contributed by atoms with Crippen LogP contribution in [0.1, 0.15) is 6.92 Å². The molecule has 2 aromatic carbocycles. The molecule has 1 atom stereocenters. The normalized spacial score (nSPS) is 11.8. The molecule has 1 amide bonds. The van der Waals surface area contributed by atoms with E-state index < -0.39 is 10.2 Å². The molecule has 0 saturated carbocycles. The second-order valence-electron chi connectivity index (χ2n) is 5.66. The van der Waals surface area contributed by atoms with Crippen LogP contribution in [-0.4, -0.2) is 26.0 Å². The highest BCUT2D eigenvalue weighted by molar-refractivity contribution is 8.00. The lowest BCUT2D eigenvalue weighted by atomic mass is 10.2. The standard InChI is InChI=1S/C18H15FN4O3S/c1-11(17(24)21-14-6-8-15(9-7-14)23(25)26)27-18-20-10-16(22-18)12-2-4-13(19)5-3-12/h2-11H,1H3,(H,20,22)(H,21,24). The summed E-state index contributed by atoms with van der Waals surface area (Å²) in [7, 11) is 0. The third-order valence-corrected chi connectivity index (χ3v) is 4.71. The molecule has 1 aromatic heterocycles. The number of imidazole rings is 1. The van der Waals surface area contributed by atoms with Gasteiger partial charge in [-0.3, -0.25) is 14.9 Å². The number of carbonyl (C=O) groups is 1. The van der Waals surface area contributed by atoms with Crippen molar-refractivity contribution in [2.24, 2.45) is 0 Å². The van der Waals surface area contributed by atoms with Gasteiger partial charge in [0.05, 0.1) is 22.1 Å². The van der Waals surface area contributed by atoms with Crippen molar-refractivity contribution in [3.05, 3.63) is 70.7 Å². The van der Waals surface area contributed by atoms with Gasteiger partial charge in [0.15, 0.2) is 5.16 Å². The number of H-pyrrole nitrogens is 1. The van der Waals surface area contributed by atoms with Crippen molar-refractivity contribution in [1.82, 2.24) is 9.97 Å². The molecule has 27 heavy (non-hydrogen) atoms. The van der Waals surface area contributed by atoms with E-state index in [1.54, 1.807) is 25.3 Å². The molecule has 0 fully saturated rings. The fraction of sp³-hybridized carbons (Fsp3) is 0.111. The van der Waals surface area contributed by atoms with E-state index in [9.17, 15) is 19.3 Å². The van der Waals surface area contributed by atoms with Gasteiger partial charge in [-0.05, 0) is 48.9 Å². The molecule has 1 heterocycles. The van der Waals surface area contributed by atoms with Gasteiger partial charge in [-0.2, -0.15) is 0 Å². The van der Waals surface area contributed by atoms with Crippen LogP contribution in [0.2, 0.25) is 0 Å². The quantitative estimate of drug-likeness (QED) is 0.375. The molecule has 138 valence electrons. The monoisotopic (exact) mass is 386 g/mol. The number of carbonyl (C=O) groups excluding carboxylic acids is 1. The molecule has 0 aliphatic carbocycles. The van der Waals surface area contributed by atoms with E-state index in [0.29, 0.717) is 10.8 Å². The van der Waals surface area contributed by atoms with Crippen LogP contribution in [-0.2, 0) is 4.79 Å². The lowest BCUT2D eigenvalue weighted by molar-refractivity contribution is -0.384. The molecular formula is C18H15FN4O3S. The molecule has 2 N–H and O–H groups in total. The van der Waals surface area contributed by atoms with Gasteiger partial charge in [-0.25, -0.2) is 9.37 Å². The first-order valence-corrected chi connectivity index (χ1v) is 8.83. The number of nitro groups is 1. The third-order valence-electron chi connectivity index (χ3n) is 3.71. The van der Waals surface area contributed by atoms with Crippen molar-refractivity contribution in [2.45, 2.75) is 17.3 Å². The SMILES string of the molecule is CC(Sc1ncc(-c2ccc(F)cc2)[nH]1)C(=O)Nc1ccc([N+](=O)[O-])cc1. The summed E-state index contributed by atoms with van der Waals surface area (Å²) < 4.78 is 13.0. The second-order valence-corrected chi connectivity index (χ2v) is 6.99. The number of nitrogens with zero attached hydrogens (tertiary/aromatic N) is 2. The number of hydrogen-bond acceptors (Lipinski definition) is 5. The Morgan fingerprint density at radius 2 is 1.89 bits per heavy atom. The third kappa shape index (κ3) is 4.70. The summed E-state index contributed by atoms with van der Waals surface area (Å²) in [5.41, 5.74) is 1.95. The van der Waals surface area contributed by atoms with Crippen molar-refractivity contribution >= 4 is 29.0 Å². The van der Waals surface area contributed by atoms with Gasteiger partial charge < -0.3 is 10.3 Å². The molecule has 1 unspecified atom stereocenters. The maximum Gasteiger partial charge on any atom is 0.269 e. The van der Waals surface area contributed by atoms with Crippen LogP contribution in [0, 0.1) is 15.9 Å². The molecule has 9 heteroatoms. The van der Waals surface area contributed by atoms with E-state index >= 15 is 0 Å². The van der Waals surface area contributed by atoms with Crippen LogP contribution in [0.3, 0.4) is 0 Å². The minimum atomic E-state index is -0.500. The second kappa shape index (κ2) is 8.00. The number of halogens is 1. The number of rotatable bonds is 6. The van der Waals surface area contributed by atoms with Crippen molar-refractivity contribution in [1.29, 1.82) is 0 Å². The minimum absolute atomic E-state index is 0.0423. The predicted molar refractivity (Wildman–Crippen MR) is 101 cm³/mol. The van der Waals surface area contributed by atoms with Crippen molar-refractivity contribution in [3.8, 4) is 11.3 Å². The lowest BCUT2D eigenvalue weighted by Crippen LogP contribution is -2.22. The van der Waals surface area contributed by atoms with E-state index in [1.807, 2.05) is 0 Å². The first-order chi connectivity index (χ1) is 12.9. The number of amides is 1. The molecule has 0 radical (unpaired) electrons. The molecular weight excluding hydrogens is 371 g/mol. The zero-order valence-corrected chi connectivity index (χ0v) is 15.0.